The number of hydrogen-bond donors (Lipinski definition) is 2. The molecule has 0 fully saturated rings. The maximum absolute atomic E-state index is 12.3. The van der Waals surface area contributed by atoms with Crippen LogP contribution < -0.4 is 14.8 Å². The fourth-order valence-electron chi connectivity index (χ4n) is 2.67. The molecule has 1 heterocycles. The normalized spacial score (nSPS) is 14.3. The number of carboxylic acids is 1. The minimum atomic E-state index is -1.05. The number of aliphatic carboxylic acids is 1. The second kappa shape index (κ2) is 6.47. The quantitative estimate of drug-likeness (QED) is 0.873. The van der Waals surface area contributed by atoms with Crippen LogP contribution in [-0.4, -0.2) is 30.2 Å². The first-order chi connectivity index (χ1) is 11.8. The lowest BCUT2D eigenvalue weighted by Crippen LogP contribution is -2.18. The Labute approximate surface area is 145 Å². The Morgan fingerprint density at radius 3 is 2.60 bits per heavy atom. The minimum Gasteiger partial charge on any atom is -0.492 e. The van der Waals surface area contributed by atoms with Crippen molar-refractivity contribution >= 4 is 17.6 Å². The third-order valence-electron chi connectivity index (χ3n) is 4.04. The van der Waals surface area contributed by atoms with Crippen LogP contribution in [0.2, 0.25) is 0 Å². The average molecular weight is 341 g/mol. The summed E-state index contributed by atoms with van der Waals surface area (Å²) >= 11 is 0. The highest BCUT2D eigenvalue weighted by Crippen LogP contribution is 2.39. The third-order valence-corrected chi connectivity index (χ3v) is 4.04. The number of nitrogens with one attached hydrogen (secondary N) is 1. The van der Waals surface area contributed by atoms with Gasteiger partial charge in [-0.15, -0.1) is 0 Å². The van der Waals surface area contributed by atoms with Crippen LogP contribution in [-0.2, 0) is 10.2 Å². The van der Waals surface area contributed by atoms with Crippen molar-refractivity contribution in [2.45, 2.75) is 19.3 Å². The van der Waals surface area contributed by atoms with Crippen molar-refractivity contribution in [3.05, 3.63) is 53.6 Å². The van der Waals surface area contributed by atoms with Crippen molar-refractivity contribution in [1.82, 2.24) is 0 Å². The first-order valence-electron chi connectivity index (χ1n) is 7.88. The van der Waals surface area contributed by atoms with Gasteiger partial charge in [-0.1, -0.05) is 19.9 Å². The van der Waals surface area contributed by atoms with Crippen molar-refractivity contribution in [3.8, 4) is 11.5 Å². The topological polar surface area (TPSA) is 84.9 Å². The van der Waals surface area contributed by atoms with Gasteiger partial charge in [0.1, 0.15) is 11.5 Å². The molecular weight excluding hydrogens is 322 g/mol. The molecule has 25 heavy (non-hydrogen) atoms. The van der Waals surface area contributed by atoms with Crippen molar-refractivity contribution < 1.29 is 24.2 Å². The molecule has 0 radical (unpaired) electrons. The molecule has 3 rings (SSSR count). The zero-order valence-corrected chi connectivity index (χ0v) is 14.0. The molecule has 6 heteroatoms. The lowest BCUT2D eigenvalue weighted by atomic mass is 9.87. The first kappa shape index (κ1) is 16.8. The summed E-state index contributed by atoms with van der Waals surface area (Å²) in [5.41, 5.74) is 2.21. The van der Waals surface area contributed by atoms with Gasteiger partial charge in [0.25, 0.3) is 5.91 Å². The van der Waals surface area contributed by atoms with Crippen molar-refractivity contribution in [2.24, 2.45) is 0 Å². The Morgan fingerprint density at radius 1 is 1.20 bits per heavy atom. The van der Waals surface area contributed by atoms with E-state index in [9.17, 15) is 9.59 Å². The molecule has 0 atom stereocenters. The molecule has 1 aliphatic heterocycles. The number of amides is 1. The number of ether oxygens (including phenoxy) is 2. The summed E-state index contributed by atoms with van der Waals surface area (Å²) in [6.45, 7) is 4.44. The molecule has 6 nitrogen and oxygen atoms in total. The molecule has 0 saturated heterocycles. The third kappa shape index (κ3) is 3.74. The summed E-state index contributed by atoms with van der Waals surface area (Å²) in [4.78, 5) is 22.8. The highest BCUT2D eigenvalue weighted by molar-refractivity contribution is 6.04. The predicted octanol–water partition coefficient (Wildman–Crippen LogP) is 3.07. The molecule has 2 aromatic rings. The van der Waals surface area contributed by atoms with Gasteiger partial charge in [0.15, 0.2) is 6.61 Å². The number of hydrogen-bond acceptors (Lipinski definition) is 4. The van der Waals surface area contributed by atoms with Crippen LogP contribution in [0.1, 0.15) is 29.8 Å². The van der Waals surface area contributed by atoms with Gasteiger partial charge in [-0.3, -0.25) is 4.79 Å². The number of carbonyl (C=O) groups excluding carboxylic acids is 1. The molecule has 0 bridgehead atoms. The van der Waals surface area contributed by atoms with Gasteiger partial charge >= 0.3 is 5.97 Å². The SMILES string of the molecule is CC1(C)COc2cc(NC(=O)c3ccc(OCC(=O)O)cc3)ccc21. The van der Waals surface area contributed by atoms with E-state index in [4.69, 9.17) is 14.6 Å². The number of carboxylic acid groups (broad SMARTS) is 1. The van der Waals surface area contributed by atoms with Crippen LogP contribution in [0.15, 0.2) is 42.5 Å². The predicted molar refractivity (Wildman–Crippen MR) is 92.5 cm³/mol. The van der Waals surface area contributed by atoms with E-state index in [1.807, 2.05) is 18.2 Å². The second-order valence-electron chi connectivity index (χ2n) is 6.54. The van der Waals surface area contributed by atoms with E-state index in [-0.39, 0.29) is 11.3 Å². The van der Waals surface area contributed by atoms with Gasteiger partial charge in [0, 0.05) is 28.3 Å². The molecule has 130 valence electrons. The standard InChI is InChI=1S/C19H19NO5/c1-19(2)11-25-16-9-13(5-8-15(16)19)20-18(23)12-3-6-14(7-4-12)24-10-17(21)22/h3-9H,10-11H2,1-2H3,(H,20,23)(H,21,22). The summed E-state index contributed by atoms with van der Waals surface area (Å²) in [5, 5.41) is 11.4. The largest absolute Gasteiger partial charge is 0.492 e. The van der Waals surface area contributed by atoms with Crippen molar-refractivity contribution in [2.75, 3.05) is 18.5 Å². The maximum atomic E-state index is 12.3. The number of carbonyl (C=O) groups is 2. The average Bonchev–Trinajstić information content (AvgIpc) is 2.88. The fourth-order valence-corrected chi connectivity index (χ4v) is 2.67. The Balaban J connectivity index is 1.67. The smallest absolute Gasteiger partial charge is 0.341 e. The lowest BCUT2D eigenvalue weighted by molar-refractivity contribution is -0.139. The molecule has 0 aromatic heterocycles. The molecular formula is C19H19NO5. The van der Waals surface area contributed by atoms with Gasteiger partial charge in [-0.25, -0.2) is 4.79 Å². The fraction of sp³-hybridized carbons (Fsp3) is 0.263. The van der Waals surface area contributed by atoms with E-state index in [0.29, 0.717) is 23.6 Å². The number of anilines is 1. The number of benzene rings is 2. The molecule has 2 aromatic carbocycles. The van der Waals surface area contributed by atoms with Crippen molar-refractivity contribution in [1.29, 1.82) is 0 Å². The van der Waals surface area contributed by atoms with Gasteiger partial charge in [0.05, 0.1) is 6.61 Å². The summed E-state index contributed by atoms with van der Waals surface area (Å²) in [7, 11) is 0. The van der Waals surface area contributed by atoms with E-state index in [2.05, 4.69) is 19.2 Å². The Hall–Kier alpha value is -3.02. The Bertz CT molecular complexity index is 811. The summed E-state index contributed by atoms with van der Waals surface area (Å²) in [6, 6.07) is 11.9. The van der Waals surface area contributed by atoms with Crippen molar-refractivity contribution in [3.63, 3.8) is 0 Å². The summed E-state index contributed by atoms with van der Waals surface area (Å²) in [5.74, 6) is -0.127. The van der Waals surface area contributed by atoms with Crippen LogP contribution in [0.25, 0.3) is 0 Å². The van der Waals surface area contributed by atoms with E-state index in [0.717, 1.165) is 11.3 Å². The molecule has 2 N–H and O–H groups in total. The van der Waals surface area contributed by atoms with E-state index >= 15 is 0 Å². The van der Waals surface area contributed by atoms with Crippen LogP contribution in [0.3, 0.4) is 0 Å². The highest BCUT2D eigenvalue weighted by Gasteiger charge is 2.31. The second-order valence-corrected chi connectivity index (χ2v) is 6.54. The molecule has 0 spiro atoms. The molecule has 0 saturated carbocycles. The zero-order chi connectivity index (χ0) is 18.0. The molecule has 0 unspecified atom stereocenters. The monoisotopic (exact) mass is 341 g/mol. The van der Waals surface area contributed by atoms with Gasteiger partial charge in [0.2, 0.25) is 0 Å². The number of rotatable bonds is 5. The highest BCUT2D eigenvalue weighted by atomic mass is 16.5. The van der Waals surface area contributed by atoms with Gasteiger partial charge in [-0.05, 0) is 30.3 Å². The van der Waals surface area contributed by atoms with Gasteiger partial charge in [-0.2, -0.15) is 0 Å². The van der Waals surface area contributed by atoms with Crippen LogP contribution in [0.5, 0.6) is 11.5 Å². The number of fused-ring (bicyclic) bond motifs is 1. The van der Waals surface area contributed by atoms with Crippen LogP contribution in [0, 0.1) is 0 Å². The lowest BCUT2D eigenvalue weighted by Gasteiger charge is -2.15. The first-order valence-corrected chi connectivity index (χ1v) is 7.88. The van der Waals surface area contributed by atoms with E-state index < -0.39 is 12.6 Å². The summed E-state index contributed by atoms with van der Waals surface area (Å²) < 4.78 is 10.7. The molecule has 0 aliphatic carbocycles. The van der Waals surface area contributed by atoms with Crippen LogP contribution in [0.4, 0.5) is 5.69 Å². The molecule has 1 aliphatic rings. The minimum absolute atomic E-state index is 0.0242. The summed E-state index contributed by atoms with van der Waals surface area (Å²) in [6.07, 6.45) is 0. The maximum Gasteiger partial charge on any atom is 0.341 e. The van der Waals surface area contributed by atoms with Crippen LogP contribution >= 0.6 is 0 Å². The molecule has 1 amide bonds. The van der Waals surface area contributed by atoms with E-state index in [1.54, 1.807) is 24.3 Å². The van der Waals surface area contributed by atoms with E-state index in [1.165, 1.54) is 0 Å². The van der Waals surface area contributed by atoms with Gasteiger partial charge < -0.3 is 19.9 Å². The Kier molecular flexibility index (Phi) is 4.35. The Morgan fingerprint density at radius 2 is 1.92 bits per heavy atom. The zero-order valence-electron chi connectivity index (χ0n) is 14.0.